The molecule has 19 heavy (non-hydrogen) atoms. The van der Waals surface area contributed by atoms with Gasteiger partial charge in [0.25, 0.3) is 0 Å². The van der Waals surface area contributed by atoms with Crippen molar-refractivity contribution in [2.75, 3.05) is 26.3 Å². The molecule has 2 unspecified atom stereocenters. The molecule has 3 heteroatoms. The molecule has 2 N–H and O–H groups in total. The van der Waals surface area contributed by atoms with Crippen LogP contribution in [-0.4, -0.2) is 43.3 Å². The second-order valence-electron chi connectivity index (χ2n) is 6.90. The fraction of sp³-hybridized carbons (Fsp3) is 1.00. The zero-order valence-electron chi connectivity index (χ0n) is 12.8. The molecule has 1 saturated heterocycles. The minimum absolute atomic E-state index is 0.344. The van der Waals surface area contributed by atoms with Gasteiger partial charge in [-0.2, -0.15) is 0 Å². The normalized spacial score (nSPS) is 29.5. The van der Waals surface area contributed by atoms with Crippen molar-refractivity contribution in [1.82, 2.24) is 4.90 Å². The molecule has 1 aliphatic heterocycles. The van der Waals surface area contributed by atoms with Crippen LogP contribution in [0.25, 0.3) is 0 Å². The van der Waals surface area contributed by atoms with Gasteiger partial charge in [-0.1, -0.05) is 26.7 Å². The van der Waals surface area contributed by atoms with Gasteiger partial charge in [-0.05, 0) is 38.1 Å². The first-order valence-corrected chi connectivity index (χ1v) is 8.24. The quantitative estimate of drug-likeness (QED) is 0.805. The highest BCUT2D eigenvalue weighted by Gasteiger charge is 2.29. The van der Waals surface area contributed by atoms with Crippen LogP contribution in [0.2, 0.25) is 0 Å². The zero-order valence-corrected chi connectivity index (χ0v) is 12.8. The molecule has 112 valence electrons. The first-order valence-electron chi connectivity index (χ1n) is 8.24. The minimum atomic E-state index is 0.344. The fourth-order valence-electron chi connectivity index (χ4n) is 3.42. The molecule has 3 nitrogen and oxygen atoms in total. The van der Waals surface area contributed by atoms with E-state index in [-0.39, 0.29) is 0 Å². The van der Waals surface area contributed by atoms with Crippen LogP contribution in [0, 0.1) is 11.8 Å². The highest BCUT2D eigenvalue weighted by atomic mass is 16.5. The van der Waals surface area contributed by atoms with Crippen LogP contribution in [0.1, 0.15) is 52.4 Å². The van der Waals surface area contributed by atoms with Crippen molar-refractivity contribution >= 4 is 0 Å². The summed E-state index contributed by atoms with van der Waals surface area (Å²) in [6, 6.07) is 1.16. The molecule has 1 saturated carbocycles. The first kappa shape index (κ1) is 15.3. The lowest BCUT2D eigenvalue weighted by Crippen LogP contribution is -2.47. The predicted molar refractivity (Wildman–Crippen MR) is 80.2 cm³/mol. The lowest BCUT2D eigenvalue weighted by Gasteiger charge is -2.37. The van der Waals surface area contributed by atoms with E-state index in [1.165, 1.54) is 38.6 Å². The van der Waals surface area contributed by atoms with Crippen molar-refractivity contribution in [3.05, 3.63) is 0 Å². The number of nitrogens with two attached hydrogens (primary N) is 1. The van der Waals surface area contributed by atoms with E-state index >= 15 is 0 Å². The van der Waals surface area contributed by atoms with Crippen LogP contribution in [0.3, 0.4) is 0 Å². The molecule has 0 aromatic rings. The first-order chi connectivity index (χ1) is 9.16. The lowest BCUT2D eigenvalue weighted by atomic mass is 9.95. The van der Waals surface area contributed by atoms with Gasteiger partial charge in [0.2, 0.25) is 0 Å². The van der Waals surface area contributed by atoms with Crippen molar-refractivity contribution in [1.29, 1.82) is 0 Å². The third-order valence-electron chi connectivity index (χ3n) is 4.84. The van der Waals surface area contributed by atoms with Crippen molar-refractivity contribution < 1.29 is 4.74 Å². The average molecular weight is 268 g/mol. The summed E-state index contributed by atoms with van der Waals surface area (Å²) < 4.78 is 5.63. The molecule has 0 bridgehead atoms. The van der Waals surface area contributed by atoms with Crippen LogP contribution < -0.4 is 5.73 Å². The Morgan fingerprint density at radius 3 is 2.58 bits per heavy atom. The van der Waals surface area contributed by atoms with Gasteiger partial charge in [-0.15, -0.1) is 0 Å². The summed E-state index contributed by atoms with van der Waals surface area (Å²) in [5.41, 5.74) is 6.28. The van der Waals surface area contributed by atoms with Crippen LogP contribution in [-0.2, 0) is 4.74 Å². The topological polar surface area (TPSA) is 38.5 Å². The molecule has 2 fully saturated rings. The van der Waals surface area contributed by atoms with Gasteiger partial charge in [0.05, 0.1) is 6.61 Å². The van der Waals surface area contributed by atoms with Gasteiger partial charge in [-0.25, -0.2) is 0 Å². The lowest BCUT2D eigenvalue weighted by molar-refractivity contribution is 0.0185. The van der Waals surface area contributed by atoms with Gasteiger partial charge >= 0.3 is 0 Å². The maximum atomic E-state index is 6.28. The van der Waals surface area contributed by atoms with E-state index in [9.17, 15) is 0 Å². The molecule has 0 amide bonds. The van der Waals surface area contributed by atoms with E-state index in [2.05, 4.69) is 18.7 Å². The Labute approximate surface area is 118 Å². The van der Waals surface area contributed by atoms with E-state index in [4.69, 9.17) is 10.5 Å². The second-order valence-corrected chi connectivity index (χ2v) is 6.90. The number of nitrogens with zero attached hydrogens (tertiary/aromatic N) is 1. The van der Waals surface area contributed by atoms with Crippen molar-refractivity contribution in [3.8, 4) is 0 Å². The monoisotopic (exact) mass is 268 g/mol. The minimum Gasteiger partial charge on any atom is -0.381 e. The van der Waals surface area contributed by atoms with Crippen molar-refractivity contribution in [2.45, 2.75) is 64.5 Å². The number of rotatable bonds is 6. The predicted octanol–water partition coefficient (Wildman–Crippen LogP) is 2.64. The zero-order chi connectivity index (χ0) is 13.7. The summed E-state index contributed by atoms with van der Waals surface area (Å²) >= 11 is 0. The third kappa shape index (κ3) is 4.73. The van der Waals surface area contributed by atoms with Crippen LogP contribution >= 0.6 is 0 Å². The highest BCUT2D eigenvalue weighted by Crippen LogP contribution is 2.26. The second kappa shape index (κ2) is 7.61. The summed E-state index contributed by atoms with van der Waals surface area (Å²) in [7, 11) is 0. The number of hydrogen-bond donors (Lipinski definition) is 1. The summed E-state index contributed by atoms with van der Waals surface area (Å²) in [4.78, 5) is 2.73. The Balaban J connectivity index is 1.87. The molecule has 2 rings (SSSR count). The Morgan fingerprint density at radius 2 is 1.95 bits per heavy atom. The van der Waals surface area contributed by atoms with Crippen LogP contribution in [0.15, 0.2) is 0 Å². The largest absolute Gasteiger partial charge is 0.381 e. The summed E-state index contributed by atoms with van der Waals surface area (Å²) in [5.74, 6) is 1.33. The van der Waals surface area contributed by atoms with Gasteiger partial charge in [0, 0.05) is 31.2 Å². The molecule has 2 aliphatic rings. The molecule has 0 aromatic carbocycles. The van der Waals surface area contributed by atoms with E-state index in [0.717, 1.165) is 38.1 Å². The fourth-order valence-corrected chi connectivity index (χ4v) is 3.42. The molecular weight excluding hydrogens is 236 g/mol. The van der Waals surface area contributed by atoms with Gasteiger partial charge < -0.3 is 10.5 Å². The van der Waals surface area contributed by atoms with E-state index in [1.54, 1.807) is 0 Å². The summed E-state index contributed by atoms with van der Waals surface area (Å²) in [6.07, 6.45) is 7.95. The smallest absolute Gasteiger partial charge is 0.0521 e. The molecule has 1 aliphatic carbocycles. The Kier molecular flexibility index (Phi) is 6.11. The summed E-state index contributed by atoms with van der Waals surface area (Å²) in [6.45, 7) is 8.76. The van der Waals surface area contributed by atoms with Gasteiger partial charge in [0.15, 0.2) is 0 Å². The molecule has 0 aromatic heterocycles. The van der Waals surface area contributed by atoms with Crippen LogP contribution in [0.4, 0.5) is 0 Å². The van der Waals surface area contributed by atoms with E-state index < -0.39 is 0 Å². The van der Waals surface area contributed by atoms with E-state index in [0.29, 0.717) is 12.0 Å². The third-order valence-corrected chi connectivity index (χ3v) is 4.84. The maximum Gasteiger partial charge on any atom is 0.0521 e. The average Bonchev–Trinajstić information content (AvgIpc) is 2.90. The van der Waals surface area contributed by atoms with Gasteiger partial charge in [-0.3, -0.25) is 4.90 Å². The number of hydrogen-bond acceptors (Lipinski definition) is 3. The SMILES string of the molecule is CC(C)CCN(CC1COCCC1N)C1CCCC1. The molecule has 0 spiro atoms. The van der Waals surface area contributed by atoms with Crippen molar-refractivity contribution in [2.24, 2.45) is 17.6 Å². The highest BCUT2D eigenvalue weighted by molar-refractivity contribution is 4.84. The van der Waals surface area contributed by atoms with Crippen molar-refractivity contribution in [3.63, 3.8) is 0 Å². The maximum absolute atomic E-state index is 6.28. The Morgan fingerprint density at radius 1 is 1.21 bits per heavy atom. The Bertz CT molecular complexity index is 251. The molecule has 2 atom stereocenters. The van der Waals surface area contributed by atoms with E-state index in [1.807, 2.05) is 0 Å². The number of ether oxygens (including phenoxy) is 1. The molecule has 1 heterocycles. The standard InChI is InChI=1S/C16H32N2O/c1-13(2)7-9-18(15-5-3-4-6-15)11-14-12-19-10-8-16(14)17/h13-16H,3-12,17H2,1-2H3. The molecule has 0 radical (unpaired) electrons. The van der Waals surface area contributed by atoms with Crippen LogP contribution in [0.5, 0.6) is 0 Å². The Hall–Kier alpha value is -0.120. The summed E-state index contributed by atoms with van der Waals surface area (Å²) in [5, 5.41) is 0. The van der Waals surface area contributed by atoms with Gasteiger partial charge in [0.1, 0.15) is 0 Å². The molecular formula is C16H32N2O.